The third-order valence-corrected chi connectivity index (χ3v) is 4.58. The van der Waals surface area contributed by atoms with Gasteiger partial charge in [0.15, 0.2) is 10.4 Å². The third-order valence-electron chi connectivity index (χ3n) is 4.16. The van der Waals surface area contributed by atoms with Crippen molar-refractivity contribution in [2.24, 2.45) is 5.92 Å². The molecule has 2 aliphatic heterocycles. The predicted octanol–water partition coefficient (Wildman–Crippen LogP) is 1.83. The predicted molar refractivity (Wildman–Crippen MR) is 77.7 cm³/mol. The second-order valence-corrected chi connectivity index (χ2v) is 6.29. The van der Waals surface area contributed by atoms with Crippen LogP contribution in [0, 0.1) is 5.92 Å². The van der Waals surface area contributed by atoms with Crippen LogP contribution in [0.1, 0.15) is 17.5 Å². The van der Waals surface area contributed by atoms with Crippen LogP contribution in [-0.4, -0.2) is 61.1 Å². The minimum atomic E-state index is -0.0155. The van der Waals surface area contributed by atoms with Gasteiger partial charge in [0.05, 0.1) is 13.2 Å². The van der Waals surface area contributed by atoms with Crippen molar-refractivity contribution in [3.05, 3.63) is 22.6 Å². The van der Waals surface area contributed by atoms with Crippen molar-refractivity contribution in [1.29, 1.82) is 0 Å². The van der Waals surface area contributed by atoms with E-state index in [1.807, 2.05) is 4.90 Å². The van der Waals surface area contributed by atoms with E-state index in [2.05, 4.69) is 27.8 Å². The Morgan fingerprint density at radius 2 is 2.05 bits per heavy atom. The highest BCUT2D eigenvalue weighted by atomic mass is 79.9. The molecule has 110 valence electrons. The Morgan fingerprint density at radius 1 is 1.30 bits per heavy atom. The van der Waals surface area contributed by atoms with Crippen LogP contribution in [0.4, 0.5) is 0 Å². The molecule has 0 unspecified atom stereocenters. The van der Waals surface area contributed by atoms with Gasteiger partial charge in [-0.15, -0.1) is 0 Å². The van der Waals surface area contributed by atoms with Gasteiger partial charge >= 0.3 is 0 Å². The van der Waals surface area contributed by atoms with Crippen molar-refractivity contribution in [3.63, 3.8) is 0 Å². The van der Waals surface area contributed by atoms with Gasteiger partial charge in [-0.3, -0.25) is 9.69 Å². The lowest BCUT2D eigenvalue weighted by Gasteiger charge is -2.33. The number of hydrogen-bond acceptors (Lipinski definition) is 4. The molecule has 3 heterocycles. The highest BCUT2D eigenvalue weighted by Crippen LogP contribution is 2.25. The molecule has 5 nitrogen and oxygen atoms in total. The van der Waals surface area contributed by atoms with Crippen molar-refractivity contribution >= 4 is 21.8 Å². The summed E-state index contributed by atoms with van der Waals surface area (Å²) in [5.74, 6) is 0.875. The fourth-order valence-corrected chi connectivity index (χ4v) is 3.39. The Morgan fingerprint density at radius 3 is 2.70 bits per heavy atom. The summed E-state index contributed by atoms with van der Waals surface area (Å²) in [6, 6.07) is 3.91. The molecule has 0 bridgehead atoms. The number of rotatable bonds is 2. The molecule has 2 fully saturated rings. The zero-order valence-electron chi connectivity index (χ0n) is 11.5. The number of halogens is 1. The number of furan rings is 1. The maximum atomic E-state index is 12.4. The lowest BCUT2D eigenvalue weighted by molar-refractivity contribution is 0.0119. The average Bonchev–Trinajstić information content (AvgIpc) is 3.05. The zero-order chi connectivity index (χ0) is 14.1. The summed E-state index contributed by atoms with van der Waals surface area (Å²) in [5.41, 5.74) is 0. The molecule has 20 heavy (non-hydrogen) atoms. The van der Waals surface area contributed by atoms with Crippen LogP contribution in [0.2, 0.25) is 0 Å². The Labute approximate surface area is 127 Å². The number of likely N-dealkylation sites (tertiary alicyclic amines) is 1. The van der Waals surface area contributed by atoms with Gasteiger partial charge < -0.3 is 14.1 Å². The average molecular weight is 343 g/mol. The quantitative estimate of drug-likeness (QED) is 0.822. The molecule has 0 aliphatic carbocycles. The molecular formula is C14H19BrN2O3. The first-order valence-corrected chi connectivity index (χ1v) is 7.81. The summed E-state index contributed by atoms with van der Waals surface area (Å²) in [7, 11) is 0. The van der Waals surface area contributed by atoms with E-state index in [4.69, 9.17) is 9.15 Å². The topological polar surface area (TPSA) is 45.9 Å². The van der Waals surface area contributed by atoms with E-state index in [1.165, 1.54) is 0 Å². The van der Waals surface area contributed by atoms with Crippen LogP contribution in [0.25, 0.3) is 0 Å². The van der Waals surface area contributed by atoms with Crippen LogP contribution in [0.3, 0.4) is 0 Å². The van der Waals surface area contributed by atoms with Gasteiger partial charge in [0, 0.05) is 32.2 Å². The van der Waals surface area contributed by atoms with Crippen LogP contribution in [0.5, 0.6) is 0 Å². The number of carbonyl (C=O) groups is 1. The van der Waals surface area contributed by atoms with E-state index in [0.717, 1.165) is 39.4 Å². The number of carbonyl (C=O) groups excluding carboxylic acids is 1. The van der Waals surface area contributed by atoms with Crippen molar-refractivity contribution < 1.29 is 13.9 Å². The zero-order valence-corrected chi connectivity index (χ0v) is 13.1. The molecule has 2 aliphatic rings. The Bertz CT molecular complexity index is 485. The van der Waals surface area contributed by atoms with Crippen molar-refractivity contribution in [3.8, 4) is 0 Å². The number of nitrogens with zero attached hydrogens (tertiary/aromatic N) is 2. The first-order chi connectivity index (χ1) is 9.65. The molecule has 1 aromatic heterocycles. The monoisotopic (exact) mass is 342 g/mol. The smallest absolute Gasteiger partial charge is 0.289 e. The van der Waals surface area contributed by atoms with E-state index >= 15 is 0 Å². The number of ether oxygens (including phenoxy) is 1. The van der Waals surface area contributed by atoms with Gasteiger partial charge in [0.25, 0.3) is 5.91 Å². The van der Waals surface area contributed by atoms with E-state index < -0.39 is 0 Å². The fourth-order valence-electron chi connectivity index (χ4n) is 3.08. The Kier molecular flexibility index (Phi) is 4.14. The van der Waals surface area contributed by atoms with Gasteiger partial charge in [-0.1, -0.05) is 6.92 Å². The van der Waals surface area contributed by atoms with E-state index in [1.54, 1.807) is 12.1 Å². The highest BCUT2D eigenvalue weighted by molar-refractivity contribution is 9.10. The Hall–Kier alpha value is -0.850. The highest BCUT2D eigenvalue weighted by Gasteiger charge is 2.37. The lowest BCUT2D eigenvalue weighted by Crippen LogP contribution is -2.47. The normalized spacial score (nSPS) is 28.0. The number of amides is 1. The summed E-state index contributed by atoms with van der Waals surface area (Å²) in [6.45, 7) is 7.29. The molecule has 0 spiro atoms. The van der Waals surface area contributed by atoms with E-state index in [9.17, 15) is 4.79 Å². The minimum absolute atomic E-state index is 0.0155. The summed E-state index contributed by atoms with van der Waals surface area (Å²) in [5, 5.41) is 0. The molecule has 0 radical (unpaired) electrons. The number of morpholine rings is 1. The maximum Gasteiger partial charge on any atom is 0.289 e. The number of hydrogen-bond donors (Lipinski definition) is 0. The molecule has 0 N–H and O–H groups in total. The van der Waals surface area contributed by atoms with Gasteiger partial charge in [-0.25, -0.2) is 0 Å². The molecule has 2 saturated heterocycles. The first-order valence-electron chi connectivity index (χ1n) is 7.01. The standard InChI is InChI=1S/C14H19BrN2O3/c1-10-8-17(14(18)12-2-3-13(15)20-12)9-11(10)16-4-6-19-7-5-16/h2-3,10-11H,4-9H2,1H3/t10-,11-/m1/s1. The van der Waals surface area contributed by atoms with Gasteiger partial charge in [0.2, 0.25) is 0 Å². The molecule has 3 rings (SSSR count). The van der Waals surface area contributed by atoms with Gasteiger partial charge in [-0.05, 0) is 34.0 Å². The molecule has 1 amide bonds. The van der Waals surface area contributed by atoms with Crippen molar-refractivity contribution in [1.82, 2.24) is 9.80 Å². The third kappa shape index (κ3) is 2.77. The minimum Gasteiger partial charge on any atom is -0.444 e. The second-order valence-electron chi connectivity index (χ2n) is 5.51. The largest absolute Gasteiger partial charge is 0.444 e. The van der Waals surface area contributed by atoms with Gasteiger partial charge in [-0.2, -0.15) is 0 Å². The van der Waals surface area contributed by atoms with Crippen LogP contribution in [0.15, 0.2) is 21.2 Å². The van der Waals surface area contributed by atoms with E-state index in [0.29, 0.717) is 22.4 Å². The van der Waals surface area contributed by atoms with Crippen LogP contribution >= 0.6 is 15.9 Å². The summed E-state index contributed by atoms with van der Waals surface area (Å²) >= 11 is 3.24. The van der Waals surface area contributed by atoms with Crippen molar-refractivity contribution in [2.45, 2.75) is 13.0 Å². The fraction of sp³-hybridized carbons (Fsp3) is 0.643. The van der Waals surface area contributed by atoms with Crippen LogP contribution in [-0.2, 0) is 4.74 Å². The second kappa shape index (κ2) is 5.87. The molecule has 6 heteroatoms. The molecule has 0 aromatic carbocycles. The first kappa shape index (κ1) is 14.1. The molecule has 1 aromatic rings. The summed E-state index contributed by atoms with van der Waals surface area (Å²) < 4.78 is 11.4. The maximum absolute atomic E-state index is 12.4. The SMILES string of the molecule is C[C@@H]1CN(C(=O)c2ccc(Br)o2)C[C@H]1N1CCOCC1. The van der Waals surface area contributed by atoms with Crippen LogP contribution < -0.4 is 0 Å². The van der Waals surface area contributed by atoms with E-state index in [-0.39, 0.29) is 5.91 Å². The molecular weight excluding hydrogens is 324 g/mol. The van der Waals surface area contributed by atoms with Crippen molar-refractivity contribution in [2.75, 3.05) is 39.4 Å². The van der Waals surface area contributed by atoms with Gasteiger partial charge in [0.1, 0.15) is 0 Å². The molecule has 2 atom stereocenters. The summed E-state index contributed by atoms with van der Waals surface area (Å²) in [4.78, 5) is 16.7. The lowest BCUT2D eigenvalue weighted by atomic mass is 10.0. The molecule has 0 saturated carbocycles. The Balaban J connectivity index is 1.66. The summed E-state index contributed by atoms with van der Waals surface area (Å²) in [6.07, 6.45) is 0.